The average Bonchev–Trinajstić information content (AvgIpc) is 2.78. The first-order valence-corrected chi connectivity index (χ1v) is 11.4. The van der Waals surface area contributed by atoms with Crippen LogP contribution >= 0.6 is 24.0 Å². The number of rotatable bonds is 8. The first-order valence-electron chi connectivity index (χ1n) is 11.4. The molecule has 2 fully saturated rings. The minimum absolute atomic E-state index is 0. The van der Waals surface area contributed by atoms with Crippen molar-refractivity contribution in [2.24, 2.45) is 10.7 Å². The van der Waals surface area contributed by atoms with Gasteiger partial charge in [0.25, 0.3) is 5.91 Å². The van der Waals surface area contributed by atoms with Gasteiger partial charge in [0.05, 0.1) is 6.54 Å². The third-order valence-corrected chi connectivity index (χ3v) is 6.00. The molecule has 0 radical (unpaired) electrons. The Hall–Kier alpha value is -1.55. The van der Waals surface area contributed by atoms with Crippen molar-refractivity contribution in [2.45, 2.75) is 70.5 Å². The number of guanidine groups is 1. The monoisotopic (exact) mass is 543 g/mol. The van der Waals surface area contributed by atoms with E-state index >= 15 is 0 Å². The van der Waals surface area contributed by atoms with Crippen LogP contribution in [0.3, 0.4) is 0 Å². The smallest absolute Gasteiger partial charge is 0.255 e. The van der Waals surface area contributed by atoms with Crippen molar-refractivity contribution in [3.8, 4) is 5.75 Å². The van der Waals surface area contributed by atoms with E-state index in [4.69, 9.17) is 15.5 Å². The Kier molecular flexibility index (Phi) is 11.4. The number of likely N-dealkylation sites (tertiary alicyclic amines) is 1. The number of amides is 1. The molecule has 1 saturated carbocycles. The minimum Gasteiger partial charge on any atom is -0.484 e. The topological polar surface area (TPSA) is 92.0 Å². The SMILES string of the molecule is CCNC(=NCc1cccc(OCC(N)=O)c1)NC1CCN(C2CCCCC2)CC1.I. The van der Waals surface area contributed by atoms with E-state index in [9.17, 15) is 4.79 Å². The van der Waals surface area contributed by atoms with Crippen molar-refractivity contribution in [1.29, 1.82) is 0 Å². The maximum atomic E-state index is 10.9. The van der Waals surface area contributed by atoms with Crippen LogP contribution in [0.5, 0.6) is 5.75 Å². The van der Waals surface area contributed by atoms with Gasteiger partial charge in [0.1, 0.15) is 5.75 Å². The van der Waals surface area contributed by atoms with Gasteiger partial charge in [0, 0.05) is 31.7 Å². The van der Waals surface area contributed by atoms with E-state index in [-0.39, 0.29) is 30.6 Å². The highest BCUT2D eigenvalue weighted by Gasteiger charge is 2.26. The van der Waals surface area contributed by atoms with Crippen molar-refractivity contribution in [2.75, 3.05) is 26.2 Å². The van der Waals surface area contributed by atoms with Crippen molar-refractivity contribution in [3.05, 3.63) is 29.8 Å². The summed E-state index contributed by atoms with van der Waals surface area (Å²) < 4.78 is 5.38. The summed E-state index contributed by atoms with van der Waals surface area (Å²) >= 11 is 0. The molecule has 1 heterocycles. The van der Waals surface area contributed by atoms with Crippen LogP contribution < -0.4 is 21.1 Å². The molecule has 4 N–H and O–H groups in total. The molecule has 0 atom stereocenters. The lowest BCUT2D eigenvalue weighted by Crippen LogP contribution is -2.50. The lowest BCUT2D eigenvalue weighted by molar-refractivity contribution is -0.119. The van der Waals surface area contributed by atoms with Gasteiger partial charge in [-0.1, -0.05) is 31.4 Å². The highest BCUT2D eigenvalue weighted by atomic mass is 127. The number of carbonyl (C=O) groups excluding carboxylic acids is 1. The van der Waals surface area contributed by atoms with Gasteiger partial charge in [-0.3, -0.25) is 4.79 Å². The molecule has 1 aromatic carbocycles. The molecule has 0 aromatic heterocycles. The summed E-state index contributed by atoms with van der Waals surface area (Å²) in [5, 5.41) is 6.99. The fraction of sp³-hybridized carbons (Fsp3) is 0.652. The van der Waals surface area contributed by atoms with Gasteiger partial charge in [-0.05, 0) is 50.3 Å². The van der Waals surface area contributed by atoms with Gasteiger partial charge in [0.15, 0.2) is 12.6 Å². The van der Waals surface area contributed by atoms with Crippen LogP contribution in [-0.4, -0.2) is 55.1 Å². The highest BCUT2D eigenvalue weighted by molar-refractivity contribution is 14.0. The van der Waals surface area contributed by atoms with Crippen LogP contribution in [0.2, 0.25) is 0 Å². The summed E-state index contributed by atoms with van der Waals surface area (Å²) in [4.78, 5) is 18.4. The molecule has 0 spiro atoms. The number of hydrogen-bond acceptors (Lipinski definition) is 4. The van der Waals surface area contributed by atoms with E-state index in [1.807, 2.05) is 24.3 Å². The maximum absolute atomic E-state index is 10.9. The molecule has 1 aromatic rings. The quantitative estimate of drug-likeness (QED) is 0.267. The third-order valence-electron chi connectivity index (χ3n) is 6.00. The molecular weight excluding hydrogens is 505 g/mol. The Morgan fingerprint density at radius 3 is 2.61 bits per heavy atom. The van der Waals surface area contributed by atoms with Crippen molar-refractivity contribution in [3.63, 3.8) is 0 Å². The van der Waals surface area contributed by atoms with Gasteiger partial charge >= 0.3 is 0 Å². The molecule has 1 aliphatic heterocycles. The average molecular weight is 543 g/mol. The predicted octanol–water partition coefficient (Wildman–Crippen LogP) is 3.02. The fourth-order valence-electron chi connectivity index (χ4n) is 4.43. The summed E-state index contributed by atoms with van der Waals surface area (Å²) in [7, 11) is 0. The van der Waals surface area contributed by atoms with Gasteiger partial charge in [-0.2, -0.15) is 0 Å². The van der Waals surface area contributed by atoms with Crippen LogP contribution in [-0.2, 0) is 11.3 Å². The second-order valence-corrected chi connectivity index (χ2v) is 8.34. The highest BCUT2D eigenvalue weighted by Crippen LogP contribution is 2.25. The first kappa shape index (κ1) is 25.7. The van der Waals surface area contributed by atoms with E-state index < -0.39 is 5.91 Å². The second-order valence-electron chi connectivity index (χ2n) is 8.34. The molecular formula is C23H38IN5O2. The van der Waals surface area contributed by atoms with Crippen molar-refractivity contribution >= 4 is 35.8 Å². The molecule has 2 aliphatic rings. The van der Waals surface area contributed by atoms with Crippen LogP contribution in [0.25, 0.3) is 0 Å². The standard InChI is InChI=1S/C23H37N5O2.HI/c1-2-25-23(26-16-18-7-6-10-21(15-18)30-17-22(24)29)27-19-11-13-28(14-12-19)20-8-4-3-5-9-20;/h6-7,10,15,19-20H,2-5,8-9,11-14,16-17H2,1H3,(H2,24,29)(H2,25,26,27);1H. The van der Waals surface area contributed by atoms with E-state index in [1.165, 1.54) is 45.2 Å². The fourth-order valence-corrected chi connectivity index (χ4v) is 4.43. The number of nitrogens with two attached hydrogens (primary N) is 1. The maximum Gasteiger partial charge on any atom is 0.255 e. The largest absolute Gasteiger partial charge is 0.484 e. The van der Waals surface area contributed by atoms with E-state index in [1.54, 1.807) is 0 Å². The lowest BCUT2D eigenvalue weighted by Gasteiger charge is -2.39. The number of carbonyl (C=O) groups is 1. The molecule has 0 unspecified atom stereocenters. The number of nitrogens with one attached hydrogen (secondary N) is 2. The first-order chi connectivity index (χ1) is 14.6. The summed E-state index contributed by atoms with van der Waals surface area (Å²) in [6.07, 6.45) is 9.30. The summed E-state index contributed by atoms with van der Waals surface area (Å²) in [5.41, 5.74) is 6.17. The summed E-state index contributed by atoms with van der Waals surface area (Å²) in [5.74, 6) is 1.01. The number of primary amides is 1. The number of halogens is 1. The molecule has 8 heteroatoms. The Morgan fingerprint density at radius 2 is 1.94 bits per heavy atom. The molecule has 7 nitrogen and oxygen atoms in total. The zero-order chi connectivity index (χ0) is 21.2. The number of piperidine rings is 1. The van der Waals surface area contributed by atoms with Crippen LogP contribution in [0.15, 0.2) is 29.3 Å². The third kappa shape index (κ3) is 8.84. The number of ether oxygens (including phenoxy) is 1. The Labute approximate surface area is 203 Å². The van der Waals surface area contributed by atoms with Gasteiger partial charge in [0.2, 0.25) is 0 Å². The Balaban J connectivity index is 0.00000341. The van der Waals surface area contributed by atoms with Crippen LogP contribution in [0, 0.1) is 0 Å². The van der Waals surface area contributed by atoms with Crippen LogP contribution in [0.1, 0.15) is 57.4 Å². The normalized spacial score (nSPS) is 18.8. The molecule has 1 saturated heterocycles. The van der Waals surface area contributed by atoms with Crippen molar-refractivity contribution in [1.82, 2.24) is 15.5 Å². The second kappa shape index (κ2) is 13.8. The van der Waals surface area contributed by atoms with E-state index in [2.05, 4.69) is 22.5 Å². The Morgan fingerprint density at radius 1 is 1.19 bits per heavy atom. The summed E-state index contributed by atoms with van der Waals surface area (Å²) in [6, 6.07) is 8.91. The number of aliphatic imine (C=N–C) groups is 1. The molecule has 3 rings (SSSR count). The van der Waals surface area contributed by atoms with Gasteiger partial charge < -0.3 is 26.0 Å². The number of benzene rings is 1. The minimum atomic E-state index is -0.480. The van der Waals surface area contributed by atoms with E-state index in [0.717, 1.165) is 37.0 Å². The Bertz CT molecular complexity index is 701. The zero-order valence-corrected chi connectivity index (χ0v) is 21.0. The molecule has 0 bridgehead atoms. The molecule has 1 aliphatic carbocycles. The molecule has 31 heavy (non-hydrogen) atoms. The van der Waals surface area contributed by atoms with Gasteiger partial charge in [-0.15, -0.1) is 24.0 Å². The lowest BCUT2D eigenvalue weighted by atomic mass is 9.92. The van der Waals surface area contributed by atoms with Crippen LogP contribution in [0.4, 0.5) is 0 Å². The molecule has 174 valence electrons. The number of hydrogen-bond donors (Lipinski definition) is 3. The number of nitrogens with zero attached hydrogens (tertiary/aromatic N) is 2. The van der Waals surface area contributed by atoms with E-state index in [0.29, 0.717) is 18.3 Å². The molecule has 1 amide bonds. The van der Waals surface area contributed by atoms with Gasteiger partial charge in [-0.25, -0.2) is 4.99 Å². The van der Waals surface area contributed by atoms with Crippen molar-refractivity contribution < 1.29 is 9.53 Å². The predicted molar refractivity (Wildman–Crippen MR) is 136 cm³/mol. The summed E-state index contributed by atoms with van der Waals surface area (Å²) in [6.45, 7) is 5.71. The zero-order valence-electron chi connectivity index (χ0n) is 18.6.